The van der Waals surface area contributed by atoms with Gasteiger partial charge in [0.1, 0.15) is 5.75 Å². The molecule has 0 aliphatic heterocycles. The average molecular weight is 458 g/mol. The second kappa shape index (κ2) is 8.89. The van der Waals surface area contributed by atoms with Crippen LogP contribution in [0.5, 0.6) is 5.75 Å². The van der Waals surface area contributed by atoms with E-state index in [0.29, 0.717) is 12.5 Å². The molecule has 8 heteroatoms. The first-order valence-corrected chi connectivity index (χ1v) is 8.86. The van der Waals surface area contributed by atoms with E-state index in [1.807, 2.05) is 12.1 Å². The molecule has 0 fully saturated rings. The Hall–Kier alpha value is -1.80. The van der Waals surface area contributed by atoms with Gasteiger partial charge >= 0.3 is 0 Å². The molecule has 1 heterocycles. The lowest BCUT2D eigenvalue weighted by Gasteiger charge is -2.07. The van der Waals surface area contributed by atoms with Crippen molar-refractivity contribution in [3.8, 4) is 5.75 Å². The van der Waals surface area contributed by atoms with Crippen molar-refractivity contribution >= 4 is 49.8 Å². The van der Waals surface area contributed by atoms with Gasteiger partial charge in [-0.05, 0) is 68.5 Å². The van der Waals surface area contributed by atoms with Crippen molar-refractivity contribution in [1.82, 2.24) is 15.3 Å². The number of nitrogens with one attached hydrogen (secondary N) is 2. The van der Waals surface area contributed by atoms with E-state index in [2.05, 4.69) is 47.1 Å². The van der Waals surface area contributed by atoms with Crippen molar-refractivity contribution in [2.75, 3.05) is 19.4 Å². The first-order valence-electron chi connectivity index (χ1n) is 7.28. The number of rotatable bonds is 7. The highest BCUT2D eigenvalue weighted by Gasteiger charge is 2.06. The van der Waals surface area contributed by atoms with Gasteiger partial charge in [-0.3, -0.25) is 4.79 Å². The molecular weight excluding hydrogens is 440 g/mol. The number of nitrogen functional groups attached to an aromatic ring is 1. The lowest BCUT2D eigenvalue weighted by atomic mass is 10.2. The van der Waals surface area contributed by atoms with Crippen LogP contribution in [0.25, 0.3) is 6.08 Å². The van der Waals surface area contributed by atoms with Gasteiger partial charge in [-0.1, -0.05) is 0 Å². The SMILES string of the molecule is COc1c(Br)cc(/C=C/C(=O)NCCCc2cnc(N)[nH]2)cc1Br. The summed E-state index contributed by atoms with van der Waals surface area (Å²) in [4.78, 5) is 18.7. The van der Waals surface area contributed by atoms with E-state index in [1.54, 1.807) is 19.4 Å². The van der Waals surface area contributed by atoms with E-state index in [-0.39, 0.29) is 5.91 Å². The fourth-order valence-corrected chi connectivity index (χ4v) is 3.64. The van der Waals surface area contributed by atoms with Crippen LogP contribution in [-0.2, 0) is 11.2 Å². The topological polar surface area (TPSA) is 93.0 Å². The molecule has 6 nitrogen and oxygen atoms in total. The highest BCUT2D eigenvalue weighted by molar-refractivity contribution is 9.11. The summed E-state index contributed by atoms with van der Waals surface area (Å²) in [6.07, 6.45) is 6.55. The molecule has 2 aromatic rings. The van der Waals surface area contributed by atoms with E-state index >= 15 is 0 Å². The Morgan fingerprint density at radius 1 is 1.42 bits per heavy atom. The predicted molar refractivity (Wildman–Crippen MR) is 102 cm³/mol. The van der Waals surface area contributed by atoms with Crippen LogP contribution in [0.3, 0.4) is 0 Å². The number of imidazole rings is 1. The van der Waals surface area contributed by atoms with Gasteiger partial charge < -0.3 is 20.8 Å². The Kier molecular flexibility index (Phi) is 6.86. The zero-order valence-corrected chi connectivity index (χ0v) is 16.3. The molecule has 1 aromatic carbocycles. The second-order valence-corrected chi connectivity index (χ2v) is 6.75. The van der Waals surface area contributed by atoms with E-state index in [0.717, 1.165) is 38.8 Å². The van der Waals surface area contributed by atoms with Crippen molar-refractivity contribution in [2.45, 2.75) is 12.8 Å². The van der Waals surface area contributed by atoms with Crippen LogP contribution in [0, 0.1) is 0 Å². The number of anilines is 1. The van der Waals surface area contributed by atoms with Crippen LogP contribution in [0.1, 0.15) is 17.7 Å². The maximum absolute atomic E-state index is 11.8. The third kappa shape index (κ3) is 5.38. The fraction of sp³-hybridized carbons (Fsp3) is 0.250. The zero-order valence-electron chi connectivity index (χ0n) is 13.1. The number of nitrogens with zero attached hydrogens (tertiary/aromatic N) is 1. The number of amides is 1. The number of hydrogen-bond acceptors (Lipinski definition) is 4. The Morgan fingerprint density at radius 2 is 2.12 bits per heavy atom. The van der Waals surface area contributed by atoms with Crippen LogP contribution in [0.2, 0.25) is 0 Å². The zero-order chi connectivity index (χ0) is 17.5. The minimum atomic E-state index is -0.137. The van der Waals surface area contributed by atoms with Crippen LogP contribution < -0.4 is 15.8 Å². The van der Waals surface area contributed by atoms with Gasteiger partial charge in [0.05, 0.1) is 22.3 Å². The number of halogens is 2. The number of nitrogens with two attached hydrogens (primary N) is 1. The lowest BCUT2D eigenvalue weighted by Crippen LogP contribution is -2.22. The van der Waals surface area contributed by atoms with Crippen LogP contribution in [0.15, 0.2) is 33.4 Å². The summed E-state index contributed by atoms with van der Waals surface area (Å²) >= 11 is 6.87. The summed E-state index contributed by atoms with van der Waals surface area (Å²) in [5, 5.41) is 2.84. The van der Waals surface area contributed by atoms with E-state index in [4.69, 9.17) is 10.5 Å². The van der Waals surface area contributed by atoms with Gasteiger partial charge in [0.15, 0.2) is 5.95 Å². The summed E-state index contributed by atoms with van der Waals surface area (Å²) in [5.74, 6) is 0.993. The van der Waals surface area contributed by atoms with Gasteiger partial charge in [-0.15, -0.1) is 0 Å². The van der Waals surface area contributed by atoms with Gasteiger partial charge in [0.2, 0.25) is 5.91 Å². The van der Waals surface area contributed by atoms with Crippen molar-refractivity contribution in [1.29, 1.82) is 0 Å². The monoisotopic (exact) mass is 456 g/mol. The van der Waals surface area contributed by atoms with Gasteiger partial charge in [0.25, 0.3) is 0 Å². The summed E-state index contributed by atoms with van der Waals surface area (Å²) < 4.78 is 6.88. The average Bonchev–Trinajstić information content (AvgIpc) is 2.95. The highest BCUT2D eigenvalue weighted by atomic mass is 79.9. The van der Waals surface area contributed by atoms with Crippen LogP contribution in [-0.4, -0.2) is 29.5 Å². The molecule has 0 aliphatic rings. The molecule has 1 amide bonds. The number of aromatic nitrogens is 2. The molecule has 0 saturated carbocycles. The number of aryl methyl sites for hydroxylation is 1. The normalized spacial score (nSPS) is 11.0. The molecule has 2 rings (SSSR count). The van der Waals surface area contributed by atoms with Crippen molar-refractivity contribution in [3.63, 3.8) is 0 Å². The van der Waals surface area contributed by atoms with Crippen LogP contribution in [0.4, 0.5) is 5.95 Å². The largest absolute Gasteiger partial charge is 0.494 e. The van der Waals surface area contributed by atoms with Crippen LogP contribution >= 0.6 is 31.9 Å². The summed E-state index contributed by atoms with van der Waals surface area (Å²) in [6, 6.07) is 3.77. The third-order valence-corrected chi connectivity index (χ3v) is 4.40. The van der Waals surface area contributed by atoms with Gasteiger partial charge in [-0.25, -0.2) is 4.98 Å². The maximum Gasteiger partial charge on any atom is 0.243 e. The Morgan fingerprint density at radius 3 is 2.71 bits per heavy atom. The second-order valence-electron chi connectivity index (χ2n) is 5.04. The fourth-order valence-electron chi connectivity index (χ4n) is 2.10. The number of hydrogen-bond donors (Lipinski definition) is 3. The molecule has 1 aromatic heterocycles. The summed E-state index contributed by atoms with van der Waals surface area (Å²) in [5.41, 5.74) is 7.36. The Labute approximate surface area is 157 Å². The minimum Gasteiger partial charge on any atom is -0.494 e. The molecular formula is C16H18Br2N4O2. The molecule has 0 saturated heterocycles. The third-order valence-electron chi connectivity index (χ3n) is 3.22. The molecule has 24 heavy (non-hydrogen) atoms. The first kappa shape index (κ1) is 18.5. The first-order chi connectivity index (χ1) is 11.5. The quantitative estimate of drug-likeness (QED) is 0.439. The molecule has 0 unspecified atom stereocenters. The Balaban J connectivity index is 1.80. The highest BCUT2D eigenvalue weighted by Crippen LogP contribution is 2.34. The number of carbonyl (C=O) groups excluding carboxylic acids is 1. The molecule has 0 spiro atoms. The molecule has 0 radical (unpaired) electrons. The Bertz CT molecular complexity index is 720. The summed E-state index contributed by atoms with van der Waals surface area (Å²) in [7, 11) is 1.60. The van der Waals surface area contributed by atoms with Crippen molar-refractivity contribution in [3.05, 3.63) is 44.6 Å². The number of carbonyl (C=O) groups is 1. The van der Waals surface area contributed by atoms with E-state index < -0.39 is 0 Å². The van der Waals surface area contributed by atoms with E-state index in [1.165, 1.54) is 6.08 Å². The number of benzene rings is 1. The van der Waals surface area contributed by atoms with Gasteiger partial charge in [-0.2, -0.15) is 0 Å². The molecule has 0 bridgehead atoms. The van der Waals surface area contributed by atoms with Crippen molar-refractivity contribution in [2.24, 2.45) is 0 Å². The molecule has 0 aliphatic carbocycles. The summed E-state index contributed by atoms with van der Waals surface area (Å²) in [6.45, 7) is 0.581. The van der Waals surface area contributed by atoms with Gasteiger partial charge in [0, 0.05) is 18.3 Å². The molecule has 4 N–H and O–H groups in total. The number of ether oxygens (including phenoxy) is 1. The standard InChI is InChI=1S/C16H18Br2N4O2/c1-24-15-12(17)7-10(8-13(15)18)4-5-14(23)20-6-2-3-11-9-21-16(19)22-11/h4-5,7-9H,2-3,6H2,1H3,(H,20,23)(H3,19,21,22)/b5-4+. The predicted octanol–water partition coefficient (Wildman–Crippen LogP) is 3.29. The van der Waals surface area contributed by atoms with E-state index in [9.17, 15) is 4.79 Å². The molecule has 128 valence electrons. The smallest absolute Gasteiger partial charge is 0.243 e. The molecule has 0 atom stereocenters. The minimum absolute atomic E-state index is 0.137. The number of aromatic amines is 1. The van der Waals surface area contributed by atoms with Crippen molar-refractivity contribution < 1.29 is 9.53 Å². The number of H-pyrrole nitrogens is 1. The lowest BCUT2D eigenvalue weighted by molar-refractivity contribution is -0.116. The number of methoxy groups -OCH3 is 1. The maximum atomic E-state index is 11.8.